The summed E-state index contributed by atoms with van der Waals surface area (Å²) < 4.78 is 6.48. The Morgan fingerprint density at radius 2 is 2.00 bits per heavy atom. The Kier molecular flexibility index (Phi) is 4.08. The summed E-state index contributed by atoms with van der Waals surface area (Å²) in [5, 5.41) is 7.73. The van der Waals surface area contributed by atoms with Crippen LogP contribution in [0.2, 0.25) is 0 Å². The van der Waals surface area contributed by atoms with Gasteiger partial charge in [0.25, 0.3) is 0 Å². The molecule has 1 N–H and O–H groups in total. The number of benzene rings is 1. The number of ether oxygens (including phenoxy) is 1. The van der Waals surface area contributed by atoms with Crippen molar-refractivity contribution in [2.24, 2.45) is 7.05 Å². The van der Waals surface area contributed by atoms with Crippen molar-refractivity contribution in [3.63, 3.8) is 0 Å². The average molecular weight is 273 g/mol. The number of aryl methyl sites for hydroxylation is 2. The third-order valence-corrected chi connectivity index (χ3v) is 3.21. The molecule has 0 aliphatic heterocycles. The van der Waals surface area contributed by atoms with Crippen molar-refractivity contribution in [3.05, 3.63) is 47.3 Å². The van der Waals surface area contributed by atoms with Gasteiger partial charge in [-0.05, 0) is 38.1 Å². The van der Waals surface area contributed by atoms with E-state index in [2.05, 4.69) is 22.1 Å². The number of nitrogens with one attached hydrogen (secondary N) is 1. The van der Waals surface area contributed by atoms with E-state index >= 15 is 0 Å². The van der Waals surface area contributed by atoms with Gasteiger partial charge in [0.05, 0.1) is 24.4 Å². The standard InChI is InChI=1S/C15H19N3O2/c1-10(14-9-18(3)17-11(14)2)16-13-7-5-12(6-8-13)15(19)20-4/h5-10,16H,1-4H3. The second kappa shape index (κ2) is 5.77. The molecule has 0 saturated carbocycles. The number of methoxy groups -OCH3 is 1. The number of esters is 1. The molecule has 0 aliphatic rings. The highest BCUT2D eigenvalue weighted by molar-refractivity contribution is 5.89. The van der Waals surface area contributed by atoms with E-state index in [9.17, 15) is 4.79 Å². The third kappa shape index (κ3) is 2.99. The number of nitrogens with zero attached hydrogens (tertiary/aromatic N) is 2. The van der Waals surface area contributed by atoms with Crippen LogP contribution >= 0.6 is 0 Å². The van der Waals surface area contributed by atoms with Crippen LogP contribution in [-0.2, 0) is 11.8 Å². The Hall–Kier alpha value is -2.30. The van der Waals surface area contributed by atoms with E-state index in [0.717, 1.165) is 16.9 Å². The minimum atomic E-state index is -0.326. The molecular weight excluding hydrogens is 254 g/mol. The quantitative estimate of drug-likeness (QED) is 0.870. The first kappa shape index (κ1) is 14.1. The van der Waals surface area contributed by atoms with E-state index in [1.54, 1.807) is 12.1 Å². The van der Waals surface area contributed by atoms with Gasteiger partial charge in [-0.1, -0.05) is 0 Å². The van der Waals surface area contributed by atoms with Crippen molar-refractivity contribution >= 4 is 11.7 Å². The third-order valence-electron chi connectivity index (χ3n) is 3.21. The van der Waals surface area contributed by atoms with Crippen LogP contribution in [-0.4, -0.2) is 22.9 Å². The van der Waals surface area contributed by atoms with Gasteiger partial charge in [0.15, 0.2) is 0 Å². The molecule has 0 bridgehead atoms. The fourth-order valence-corrected chi connectivity index (χ4v) is 2.19. The summed E-state index contributed by atoms with van der Waals surface area (Å²) in [6, 6.07) is 7.38. The molecule has 106 valence electrons. The molecule has 0 aliphatic carbocycles. The highest BCUT2D eigenvalue weighted by atomic mass is 16.5. The fraction of sp³-hybridized carbons (Fsp3) is 0.333. The van der Waals surface area contributed by atoms with E-state index in [0.29, 0.717) is 5.56 Å². The first-order chi connectivity index (χ1) is 9.51. The first-order valence-corrected chi connectivity index (χ1v) is 6.46. The zero-order valence-corrected chi connectivity index (χ0v) is 12.2. The Bertz CT molecular complexity index is 602. The van der Waals surface area contributed by atoms with Gasteiger partial charge in [-0.2, -0.15) is 5.10 Å². The van der Waals surface area contributed by atoms with Crippen molar-refractivity contribution in [2.75, 3.05) is 12.4 Å². The maximum Gasteiger partial charge on any atom is 0.337 e. The monoisotopic (exact) mass is 273 g/mol. The zero-order chi connectivity index (χ0) is 14.7. The van der Waals surface area contributed by atoms with Gasteiger partial charge >= 0.3 is 5.97 Å². The second-order valence-corrected chi connectivity index (χ2v) is 4.78. The number of rotatable bonds is 4. The summed E-state index contributed by atoms with van der Waals surface area (Å²) in [7, 11) is 3.29. The molecule has 5 nitrogen and oxygen atoms in total. The Balaban J connectivity index is 2.10. The van der Waals surface area contributed by atoms with Crippen LogP contribution in [0, 0.1) is 6.92 Å². The van der Waals surface area contributed by atoms with E-state index in [1.165, 1.54) is 7.11 Å². The van der Waals surface area contributed by atoms with Crippen molar-refractivity contribution in [3.8, 4) is 0 Å². The lowest BCUT2D eigenvalue weighted by Gasteiger charge is -2.14. The van der Waals surface area contributed by atoms with Crippen LogP contribution in [0.1, 0.15) is 34.6 Å². The molecule has 1 aromatic heterocycles. The molecular formula is C15H19N3O2. The lowest BCUT2D eigenvalue weighted by molar-refractivity contribution is 0.0601. The number of hydrogen-bond donors (Lipinski definition) is 1. The zero-order valence-electron chi connectivity index (χ0n) is 12.2. The second-order valence-electron chi connectivity index (χ2n) is 4.78. The Morgan fingerprint density at radius 3 is 2.50 bits per heavy atom. The van der Waals surface area contributed by atoms with Crippen molar-refractivity contribution in [1.82, 2.24) is 9.78 Å². The number of hydrogen-bond acceptors (Lipinski definition) is 4. The van der Waals surface area contributed by atoms with E-state index in [1.807, 2.05) is 37.0 Å². The van der Waals surface area contributed by atoms with Crippen molar-refractivity contribution in [2.45, 2.75) is 19.9 Å². The lowest BCUT2D eigenvalue weighted by Crippen LogP contribution is -2.07. The normalized spacial score (nSPS) is 12.0. The van der Waals surface area contributed by atoms with Crippen molar-refractivity contribution < 1.29 is 9.53 Å². The lowest BCUT2D eigenvalue weighted by atomic mass is 10.1. The minimum Gasteiger partial charge on any atom is -0.465 e. The summed E-state index contributed by atoms with van der Waals surface area (Å²) in [6.45, 7) is 4.08. The van der Waals surface area contributed by atoms with Gasteiger partial charge in [-0.15, -0.1) is 0 Å². The molecule has 0 saturated heterocycles. The van der Waals surface area contributed by atoms with Gasteiger partial charge in [-0.25, -0.2) is 4.79 Å². The smallest absolute Gasteiger partial charge is 0.337 e. The van der Waals surface area contributed by atoms with Crippen LogP contribution in [0.15, 0.2) is 30.5 Å². The number of anilines is 1. The molecule has 0 amide bonds. The van der Waals surface area contributed by atoms with Gasteiger partial charge in [0.2, 0.25) is 0 Å². The Morgan fingerprint density at radius 1 is 1.35 bits per heavy atom. The summed E-state index contributed by atoms with van der Waals surface area (Å²) in [5.74, 6) is -0.326. The molecule has 0 spiro atoms. The maximum absolute atomic E-state index is 11.4. The van der Waals surface area contributed by atoms with Crippen LogP contribution in [0.3, 0.4) is 0 Å². The topological polar surface area (TPSA) is 56.1 Å². The summed E-state index contributed by atoms with van der Waals surface area (Å²) in [4.78, 5) is 11.4. The van der Waals surface area contributed by atoms with E-state index in [-0.39, 0.29) is 12.0 Å². The molecule has 1 aromatic carbocycles. The predicted octanol–water partition coefficient (Wildman–Crippen LogP) is 2.69. The first-order valence-electron chi connectivity index (χ1n) is 6.46. The van der Waals surface area contributed by atoms with Crippen molar-refractivity contribution in [1.29, 1.82) is 0 Å². The Labute approximate surface area is 118 Å². The van der Waals surface area contributed by atoms with Crippen LogP contribution in [0.4, 0.5) is 5.69 Å². The van der Waals surface area contributed by atoms with Gasteiger partial charge in [0, 0.05) is 24.5 Å². The molecule has 5 heteroatoms. The number of carbonyl (C=O) groups excluding carboxylic acids is 1. The molecule has 1 atom stereocenters. The number of carbonyl (C=O) groups is 1. The molecule has 0 radical (unpaired) electrons. The molecule has 1 unspecified atom stereocenters. The summed E-state index contributed by atoms with van der Waals surface area (Å²) >= 11 is 0. The molecule has 20 heavy (non-hydrogen) atoms. The van der Waals surface area contributed by atoms with Gasteiger partial charge in [-0.3, -0.25) is 4.68 Å². The highest BCUT2D eigenvalue weighted by Gasteiger charge is 2.12. The van der Waals surface area contributed by atoms with E-state index in [4.69, 9.17) is 0 Å². The van der Waals surface area contributed by atoms with Gasteiger partial charge < -0.3 is 10.1 Å². The molecule has 1 heterocycles. The molecule has 0 fully saturated rings. The summed E-state index contributed by atoms with van der Waals surface area (Å²) in [6.07, 6.45) is 2.01. The maximum atomic E-state index is 11.4. The minimum absolute atomic E-state index is 0.146. The van der Waals surface area contributed by atoms with E-state index < -0.39 is 0 Å². The SMILES string of the molecule is COC(=O)c1ccc(NC(C)c2cn(C)nc2C)cc1. The van der Waals surface area contributed by atoms with Crippen LogP contribution in [0.25, 0.3) is 0 Å². The highest BCUT2D eigenvalue weighted by Crippen LogP contribution is 2.21. The van der Waals surface area contributed by atoms with Crippen LogP contribution in [0.5, 0.6) is 0 Å². The number of aromatic nitrogens is 2. The molecule has 2 rings (SSSR count). The predicted molar refractivity (Wildman–Crippen MR) is 77.8 cm³/mol. The fourth-order valence-electron chi connectivity index (χ4n) is 2.19. The largest absolute Gasteiger partial charge is 0.465 e. The average Bonchev–Trinajstić information content (AvgIpc) is 2.78. The molecule has 2 aromatic rings. The van der Waals surface area contributed by atoms with Crippen LogP contribution < -0.4 is 5.32 Å². The van der Waals surface area contributed by atoms with Gasteiger partial charge in [0.1, 0.15) is 0 Å². The summed E-state index contributed by atoms with van der Waals surface area (Å²) in [5.41, 5.74) is 3.67.